The van der Waals surface area contributed by atoms with Crippen molar-refractivity contribution in [1.29, 1.82) is 0 Å². The van der Waals surface area contributed by atoms with Gasteiger partial charge < -0.3 is 15.4 Å². The molecule has 3 rings (SSSR count). The molecule has 3 N–H and O–H groups in total. The number of carbonyl (C=O) groups is 1. The lowest BCUT2D eigenvalue weighted by atomic mass is 9.93. The minimum absolute atomic E-state index is 0.246. The molecule has 0 radical (unpaired) electrons. The highest BCUT2D eigenvalue weighted by Crippen LogP contribution is 2.36. The van der Waals surface area contributed by atoms with Crippen molar-refractivity contribution in [3.05, 3.63) is 23.8 Å². The molecule has 0 unspecified atom stereocenters. The van der Waals surface area contributed by atoms with Gasteiger partial charge in [-0.1, -0.05) is 0 Å². The van der Waals surface area contributed by atoms with Crippen LogP contribution in [0.4, 0.5) is 5.95 Å². The lowest BCUT2D eigenvalue weighted by molar-refractivity contribution is 0.0697. The van der Waals surface area contributed by atoms with E-state index in [1.807, 2.05) is 4.57 Å². The quantitative estimate of drug-likeness (QED) is 0.828. The van der Waals surface area contributed by atoms with Gasteiger partial charge in [0.05, 0.1) is 16.6 Å². The molecule has 1 fully saturated rings. The highest BCUT2D eigenvalue weighted by Gasteiger charge is 2.23. The molecule has 1 heterocycles. The molecule has 17 heavy (non-hydrogen) atoms. The lowest BCUT2D eigenvalue weighted by Crippen LogP contribution is -2.18. The zero-order chi connectivity index (χ0) is 12.0. The molecule has 5 heteroatoms. The molecule has 0 atom stereocenters. The number of benzene rings is 1. The summed E-state index contributed by atoms with van der Waals surface area (Å²) in [5.74, 6) is -0.462. The zero-order valence-corrected chi connectivity index (χ0v) is 9.26. The van der Waals surface area contributed by atoms with Gasteiger partial charge in [0.2, 0.25) is 5.95 Å². The SMILES string of the molecule is Nc1nc2cc(C(=O)O)ccc2n1C1CCC1. The lowest BCUT2D eigenvalue weighted by Gasteiger charge is -2.28. The summed E-state index contributed by atoms with van der Waals surface area (Å²) in [4.78, 5) is 15.1. The topological polar surface area (TPSA) is 81.1 Å². The van der Waals surface area contributed by atoms with E-state index in [0.29, 0.717) is 17.5 Å². The smallest absolute Gasteiger partial charge is 0.335 e. The van der Waals surface area contributed by atoms with Crippen molar-refractivity contribution in [2.24, 2.45) is 0 Å². The number of imidazole rings is 1. The molecular formula is C12H13N3O2. The second kappa shape index (κ2) is 3.48. The number of nitrogens with two attached hydrogens (primary N) is 1. The number of fused-ring (bicyclic) bond motifs is 1. The maximum absolute atomic E-state index is 10.9. The molecule has 0 amide bonds. The third-order valence-corrected chi connectivity index (χ3v) is 3.40. The van der Waals surface area contributed by atoms with Gasteiger partial charge in [-0.3, -0.25) is 0 Å². The van der Waals surface area contributed by atoms with Gasteiger partial charge in [-0.2, -0.15) is 0 Å². The second-order valence-corrected chi connectivity index (χ2v) is 4.43. The average Bonchev–Trinajstić information content (AvgIpc) is 2.52. The maximum atomic E-state index is 10.9. The molecule has 1 aliphatic carbocycles. The molecule has 5 nitrogen and oxygen atoms in total. The molecule has 0 aliphatic heterocycles. The van der Waals surface area contributed by atoms with Gasteiger partial charge in [0, 0.05) is 6.04 Å². The van der Waals surface area contributed by atoms with Crippen LogP contribution in [-0.2, 0) is 0 Å². The molecule has 1 aromatic heterocycles. The summed E-state index contributed by atoms with van der Waals surface area (Å²) < 4.78 is 2.02. The Hall–Kier alpha value is -2.04. The summed E-state index contributed by atoms with van der Waals surface area (Å²) in [7, 11) is 0. The van der Waals surface area contributed by atoms with Crippen molar-refractivity contribution in [2.75, 3.05) is 5.73 Å². The minimum Gasteiger partial charge on any atom is -0.478 e. The van der Waals surface area contributed by atoms with E-state index in [2.05, 4.69) is 4.98 Å². The molecule has 2 aromatic rings. The van der Waals surface area contributed by atoms with Crippen LogP contribution in [0.15, 0.2) is 18.2 Å². The van der Waals surface area contributed by atoms with Crippen LogP contribution in [-0.4, -0.2) is 20.6 Å². The molecule has 1 aromatic carbocycles. The Kier molecular flexibility index (Phi) is 2.07. The molecule has 1 aliphatic rings. The largest absolute Gasteiger partial charge is 0.478 e. The molecule has 88 valence electrons. The third-order valence-electron chi connectivity index (χ3n) is 3.40. The first kappa shape index (κ1) is 10.1. The van der Waals surface area contributed by atoms with Crippen LogP contribution in [0.5, 0.6) is 0 Å². The zero-order valence-electron chi connectivity index (χ0n) is 9.26. The van der Waals surface area contributed by atoms with Gasteiger partial charge in [0.1, 0.15) is 0 Å². The van der Waals surface area contributed by atoms with E-state index < -0.39 is 5.97 Å². The second-order valence-electron chi connectivity index (χ2n) is 4.43. The van der Waals surface area contributed by atoms with Crippen LogP contribution in [0.3, 0.4) is 0 Å². The Morgan fingerprint density at radius 1 is 1.47 bits per heavy atom. The summed E-state index contributed by atoms with van der Waals surface area (Å²) in [5, 5.41) is 8.92. The van der Waals surface area contributed by atoms with Gasteiger partial charge in [0.25, 0.3) is 0 Å². The highest BCUT2D eigenvalue weighted by atomic mass is 16.4. The van der Waals surface area contributed by atoms with Crippen molar-refractivity contribution in [3.8, 4) is 0 Å². The Morgan fingerprint density at radius 2 is 2.24 bits per heavy atom. The number of hydrogen-bond acceptors (Lipinski definition) is 3. The van der Waals surface area contributed by atoms with Crippen molar-refractivity contribution >= 4 is 23.0 Å². The molecular weight excluding hydrogens is 218 g/mol. The highest BCUT2D eigenvalue weighted by molar-refractivity contribution is 5.93. The number of nitrogens with zero attached hydrogens (tertiary/aromatic N) is 2. The van der Waals surface area contributed by atoms with Crippen LogP contribution in [0, 0.1) is 0 Å². The molecule has 1 saturated carbocycles. The fourth-order valence-electron chi connectivity index (χ4n) is 2.28. The Balaban J connectivity index is 2.17. The van der Waals surface area contributed by atoms with Crippen LogP contribution in [0.2, 0.25) is 0 Å². The van der Waals surface area contributed by atoms with E-state index >= 15 is 0 Å². The number of rotatable bonds is 2. The van der Waals surface area contributed by atoms with E-state index in [1.54, 1.807) is 18.2 Å². The number of carboxylic acids is 1. The fraction of sp³-hybridized carbons (Fsp3) is 0.333. The third kappa shape index (κ3) is 1.46. The Morgan fingerprint density at radius 3 is 2.82 bits per heavy atom. The Bertz CT molecular complexity index is 599. The van der Waals surface area contributed by atoms with Crippen LogP contribution < -0.4 is 5.73 Å². The normalized spacial score (nSPS) is 16.0. The van der Waals surface area contributed by atoms with Gasteiger partial charge in [-0.05, 0) is 37.5 Å². The molecule has 0 bridgehead atoms. The van der Waals surface area contributed by atoms with Gasteiger partial charge in [0.15, 0.2) is 0 Å². The van der Waals surface area contributed by atoms with Gasteiger partial charge >= 0.3 is 5.97 Å². The first-order valence-electron chi connectivity index (χ1n) is 5.67. The van der Waals surface area contributed by atoms with Crippen LogP contribution in [0.1, 0.15) is 35.7 Å². The number of aromatic nitrogens is 2. The number of carboxylic acid groups (broad SMARTS) is 1. The van der Waals surface area contributed by atoms with Gasteiger partial charge in [-0.15, -0.1) is 0 Å². The Labute approximate surface area is 97.9 Å². The van der Waals surface area contributed by atoms with Crippen molar-refractivity contribution in [2.45, 2.75) is 25.3 Å². The van der Waals surface area contributed by atoms with E-state index in [0.717, 1.165) is 18.4 Å². The summed E-state index contributed by atoms with van der Waals surface area (Å²) in [5.41, 5.74) is 7.73. The predicted molar refractivity (Wildman–Crippen MR) is 64.0 cm³/mol. The summed E-state index contributed by atoms with van der Waals surface area (Å²) >= 11 is 0. The van der Waals surface area contributed by atoms with Crippen molar-refractivity contribution < 1.29 is 9.90 Å². The molecule has 0 spiro atoms. The maximum Gasteiger partial charge on any atom is 0.335 e. The van der Waals surface area contributed by atoms with E-state index in [1.165, 1.54) is 6.42 Å². The predicted octanol–water partition coefficient (Wildman–Crippen LogP) is 2.04. The number of hydrogen-bond donors (Lipinski definition) is 2. The average molecular weight is 231 g/mol. The first-order chi connectivity index (χ1) is 8.16. The molecule has 0 saturated heterocycles. The van der Waals surface area contributed by atoms with E-state index in [-0.39, 0.29) is 5.56 Å². The van der Waals surface area contributed by atoms with E-state index in [4.69, 9.17) is 10.8 Å². The van der Waals surface area contributed by atoms with Crippen LogP contribution >= 0.6 is 0 Å². The van der Waals surface area contributed by atoms with Crippen molar-refractivity contribution in [3.63, 3.8) is 0 Å². The number of nitrogen functional groups attached to an aromatic ring is 1. The summed E-state index contributed by atoms with van der Waals surface area (Å²) in [6.07, 6.45) is 3.46. The van der Waals surface area contributed by atoms with Crippen LogP contribution in [0.25, 0.3) is 11.0 Å². The number of anilines is 1. The minimum atomic E-state index is -0.941. The fourth-order valence-corrected chi connectivity index (χ4v) is 2.28. The van der Waals surface area contributed by atoms with Gasteiger partial charge in [-0.25, -0.2) is 9.78 Å². The standard InChI is InChI=1S/C12H13N3O2/c13-12-14-9-6-7(11(16)17)4-5-10(9)15(12)8-2-1-3-8/h4-6,8H,1-3H2,(H2,13,14)(H,16,17). The monoisotopic (exact) mass is 231 g/mol. The summed E-state index contributed by atoms with van der Waals surface area (Å²) in [6.45, 7) is 0. The number of aromatic carboxylic acids is 1. The summed E-state index contributed by atoms with van der Waals surface area (Å²) in [6, 6.07) is 5.39. The first-order valence-corrected chi connectivity index (χ1v) is 5.67. The van der Waals surface area contributed by atoms with Crippen molar-refractivity contribution in [1.82, 2.24) is 9.55 Å². The van der Waals surface area contributed by atoms with E-state index in [9.17, 15) is 4.79 Å².